The summed E-state index contributed by atoms with van der Waals surface area (Å²) in [6, 6.07) is 8.21. The number of aromatic hydroxyl groups is 1. The summed E-state index contributed by atoms with van der Waals surface area (Å²) in [5, 5.41) is 9.25. The van der Waals surface area contributed by atoms with Crippen LogP contribution in [0.1, 0.15) is 12.0 Å². The fraction of sp³-hybridized carbons (Fsp3) is 0.385. The van der Waals surface area contributed by atoms with Crippen LogP contribution in [0.2, 0.25) is 0 Å². The molecular formula is C13H15NO. The van der Waals surface area contributed by atoms with Gasteiger partial charge in [0.05, 0.1) is 0 Å². The fourth-order valence-electron chi connectivity index (χ4n) is 2.78. The number of fused-ring (bicyclic) bond motifs is 2. The summed E-state index contributed by atoms with van der Waals surface area (Å²) < 4.78 is 0. The Balaban J connectivity index is 1.94. The van der Waals surface area contributed by atoms with Crippen LogP contribution in [0, 0.1) is 5.92 Å². The zero-order valence-electron chi connectivity index (χ0n) is 8.85. The SMILES string of the molecule is CN1CC2CC1C=C2c1ccc(O)cc1. The minimum atomic E-state index is 0.347. The van der Waals surface area contributed by atoms with Crippen molar-refractivity contribution in [1.29, 1.82) is 0 Å². The lowest BCUT2D eigenvalue weighted by atomic mass is 9.95. The van der Waals surface area contributed by atoms with Gasteiger partial charge >= 0.3 is 0 Å². The van der Waals surface area contributed by atoms with Crippen molar-refractivity contribution in [3.05, 3.63) is 35.9 Å². The van der Waals surface area contributed by atoms with Crippen molar-refractivity contribution in [3.8, 4) is 5.75 Å². The van der Waals surface area contributed by atoms with Crippen molar-refractivity contribution < 1.29 is 5.11 Å². The van der Waals surface area contributed by atoms with Crippen LogP contribution in [-0.2, 0) is 0 Å². The highest BCUT2D eigenvalue weighted by atomic mass is 16.3. The molecule has 2 atom stereocenters. The fourth-order valence-corrected chi connectivity index (χ4v) is 2.78. The minimum Gasteiger partial charge on any atom is -0.508 e. The van der Waals surface area contributed by atoms with E-state index >= 15 is 0 Å². The van der Waals surface area contributed by atoms with Crippen LogP contribution in [-0.4, -0.2) is 29.6 Å². The Kier molecular flexibility index (Phi) is 1.86. The van der Waals surface area contributed by atoms with Gasteiger partial charge in [-0.2, -0.15) is 0 Å². The summed E-state index contributed by atoms with van der Waals surface area (Å²) in [6.45, 7) is 1.18. The molecule has 2 unspecified atom stereocenters. The molecule has 1 saturated heterocycles. The van der Waals surface area contributed by atoms with Gasteiger partial charge in [0.2, 0.25) is 0 Å². The molecule has 2 heteroatoms. The second-order valence-corrected chi connectivity index (χ2v) is 4.61. The van der Waals surface area contributed by atoms with E-state index in [0.29, 0.717) is 17.7 Å². The summed E-state index contributed by atoms with van der Waals surface area (Å²) in [6.07, 6.45) is 3.65. The van der Waals surface area contributed by atoms with Crippen LogP contribution in [0.5, 0.6) is 5.75 Å². The summed E-state index contributed by atoms with van der Waals surface area (Å²) in [4.78, 5) is 2.41. The van der Waals surface area contributed by atoms with Crippen LogP contribution in [0.3, 0.4) is 0 Å². The van der Waals surface area contributed by atoms with Crippen molar-refractivity contribution >= 4 is 5.57 Å². The van der Waals surface area contributed by atoms with E-state index in [1.54, 1.807) is 12.1 Å². The number of benzene rings is 1. The lowest BCUT2D eigenvalue weighted by Gasteiger charge is -2.21. The van der Waals surface area contributed by atoms with Crippen LogP contribution < -0.4 is 0 Å². The Hall–Kier alpha value is -1.28. The van der Waals surface area contributed by atoms with Crippen molar-refractivity contribution in [2.45, 2.75) is 12.5 Å². The maximum atomic E-state index is 9.25. The maximum Gasteiger partial charge on any atom is 0.115 e. The van der Waals surface area contributed by atoms with Crippen molar-refractivity contribution in [3.63, 3.8) is 0 Å². The molecule has 1 fully saturated rings. The number of phenolic OH excluding ortho intramolecular Hbond substituents is 1. The van der Waals surface area contributed by atoms with E-state index in [9.17, 15) is 5.11 Å². The number of hydrogen-bond acceptors (Lipinski definition) is 2. The molecule has 15 heavy (non-hydrogen) atoms. The molecule has 2 aliphatic rings. The monoisotopic (exact) mass is 201 g/mol. The molecule has 1 heterocycles. The molecule has 2 bridgehead atoms. The molecule has 1 aliphatic carbocycles. The molecule has 78 valence electrons. The highest BCUT2D eigenvalue weighted by molar-refractivity contribution is 5.71. The second-order valence-electron chi connectivity index (χ2n) is 4.61. The zero-order valence-corrected chi connectivity index (χ0v) is 8.85. The van der Waals surface area contributed by atoms with Crippen LogP contribution in [0.25, 0.3) is 5.57 Å². The number of hydrogen-bond donors (Lipinski definition) is 1. The van der Waals surface area contributed by atoms with Gasteiger partial charge in [0, 0.05) is 12.6 Å². The lowest BCUT2D eigenvalue weighted by molar-refractivity contribution is 0.347. The van der Waals surface area contributed by atoms with Gasteiger partial charge < -0.3 is 5.11 Å². The molecule has 1 N–H and O–H groups in total. The molecule has 0 aromatic heterocycles. The third-order valence-corrected chi connectivity index (χ3v) is 3.61. The number of nitrogens with zero attached hydrogens (tertiary/aromatic N) is 1. The summed E-state index contributed by atoms with van der Waals surface area (Å²) >= 11 is 0. The first kappa shape index (κ1) is 8.98. The standard InChI is InChI=1S/C13H15NO/c1-14-8-10-6-11(14)7-13(10)9-2-4-12(15)5-3-9/h2-5,7,10-11,15H,6,8H2,1H3. The first-order valence-electron chi connectivity index (χ1n) is 5.45. The zero-order chi connectivity index (χ0) is 10.4. The first-order chi connectivity index (χ1) is 7.24. The second kappa shape index (κ2) is 3.11. The van der Waals surface area contributed by atoms with E-state index < -0.39 is 0 Å². The van der Waals surface area contributed by atoms with Gasteiger partial charge in [-0.25, -0.2) is 0 Å². The topological polar surface area (TPSA) is 23.5 Å². The van der Waals surface area contributed by atoms with Crippen LogP contribution >= 0.6 is 0 Å². The van der Waals surface area contributed by atoms with E-state index in [1.165, 1.54) is 24.1 Å². The van der Waals surface area contributed by atoms with Crippen molar-refractivity contribution in [2.24, 2.45) is 5.92 Å². The predicted molar refractivity (Wildman–Crippen MR) is 60.6 cm³/mol. The summed E-state index contributed by atoms with van der Waals surface area (Å²) in [5.74, 6) is 1.05. The molecule has 0 spiro atoms. The van der Waals surface area contributed by atoms with Crippen LogP contribution in [0.15, 0.2) is 30.3 Å². The molecule has 1 aromatic carbocycles. The Bertz CT molecular complexity index is 407. The van der Waals surface area contributed by atoms with Crippen LogP contribution in [0.4, 0.5) is 0 Å². The van der Waals surface area contributed by atoms with Gasteiger partial charge in [0.15, 0.2) is 0 Å². The van der Waals surface area contributed by atoms with Crippen molar-refractivity contribution in [1.82, 2.24) is 4.90 Å². The average Bonchev–Trinajstić information content (AvgIpc) is 2.77. The van der Waals surface area contributed by atoms with E-state index in [0.717, 1.165) is 0 Å². The molecular weight excluding hydrogens is 186 g/mol. The van der Waals surface area contributed by atoms with Gasteiger partial charge in [-0.15, -0.1) is 0 Å². The Labute approximate surface area is 89.8 Å². The first-order valence-corrected chi connectivity index (χ1v) is 5.45. The molecule has 2 nitrogen and oxygen atoms in total. The minimum absolute atomic E-state index is 0.347. The Morgan fingerprint density at radius 1 is 1.27 bits per heavy atom. The normalized spacial score (nSPS) is 29.5. The van der Waals surface area contributed by atoms with E-state index in [2.05, 4.69) is 18.0 Å². The third kappa shape index (κ3) is 1.37. The van der Waals surface area contributed by atoms with E-state index in [-0.39, 0.29) is 0 Å². The van der Waals surface area contributed by atoms with E-state index in [4.69, 9.17) is 0 Å². The molecule has 1 aromatic rings. The Morgan fingerprint density at radius 2 is 2.00 bits per heavy atom. The smallest absolute Gasteiger partial charge is 0.115 e. The van der Waals surface area contributed by atoms with Gasteiger partial charge in [-0.1, -0.05) is 18.2 Å². The maximum absolute atomic E-state index is 9.25. The summed E-state index contributed by atoms with van der Waals surface area (Å²) in [7, 11) is 2.19. The molecule has 0 radical (unpaired) electrons. The largest absolute Gasteiger partial charge is 0.508 e. The lowest BCUT2D eigenvalue weighted by Crippen LogP contribution is -2.25. The number of rotatable bonds is 1. The molecule has 3 rings (SSSR count). The van der Waals surface area contributed by atoms with Crippen molar-refractivity contribution in [2.75, 3.05) is 13.6 Å². The van der Waals surface area contributed by atoms with E-state index in [1.807, 2.05) is 12.1 Å². The number of phenols is 1. The molecule has 0 saturated carbocycles. The highest BCUT2D eigenvalue weighted by Gasteiger charge is 2.36. The van der Waals surface area contributed by atoms with Gasteiger partial charge in [0.25, 0.3) is 0 Å². The van der Waals surface area contributed by atoms with Gasteiger partial charge in [-0.05, 0) is 42.7 Å². The summed E-state index contributed by atoms with van der Waals surface area (Å²) in [5.41, 5.74) is 2.74. The van der Waals surface area contributed by atoms with Gasteiger partial charge in [0.1, 0.15) is 5.75 Å². The number of likely N-dealkylation sites (N-methyl/N-ethyl adjacent to an activating group) is 1. The predicted octanol–water partition coefficient (Wildman–Crippen LogP) is 2.11. The molecule has 0 amide bonds. The highest BCUT2D eigenvalue weighted by Crippen LogP contribution is 2.41. The average molecular weight is 201 g/mol. The number of likely N-dealkylation sites (tertiary alicyclic amines) is 1. The molecule has 1 aliphatic heterocycles. The van der Waals surface area contributed by atoms with Gasteiger partial charge in [-0.3, -0.25) is 4.90 Å². The quantitative estimate of drug-likeness (QED) is 0.752. The Morgan fingerprint density at radius 3 is 2.53 bits per heavy atom. The third-order valence-electron chi connectivity index (χ3n) is 3.61.